The fourth-order valence-electron chi connectivity index (χ4n) is 3.57. The second kappa shape index (κ2) is 11.1. The van der Waals surface area contributed by atoms with Gasteiger partial charge >= 0.3 is 0 Å². The maximum atomic E-state index is 14.0. The number of hydrogen-bond donors (Lipinski definition) is 1. The highest BCUT2D eigenvalue weighted by Gasteiger charge is 2.24. The summed E-state index contributed by atoms with van der Waals surface area (Å²) in [5.74, 6) is -1.09. The third-order valence-electron chi connectivity index (χ3n) is 5.32. The van der Waals surface area contributed by atoms with Gasteiger partial charge < -0.3 is 15.0 Å². The molecule has 2 aromatic carbocycles. The first kappa shape index (κ1) is 25.2. The molecule has 3 rings (SSSR count). The zero-order valence-corrected chi connectivity index (χ0v) is 20.1. The normalized spacial score (nSPS) is 14.8. The summed E-state index contributed by atoms with van der Waals surface area (Å²) in [6, 6.07) is 8.95. The number of carbonyl (C=O) groups is 1. The fourth-order valence-corrected chi connectivity index (χ4v) is 5.28. The third-order valence-corrected chi connectivity index (χ3v) is 7.70. The van der Waals surface area contributed by atoms with Crippen molar-refractivity contribution in [2.45, 2.75) is 18.7 Å². The van der Waals surface area contributed by atoms with Crippen molar-refractivity contribution in [3.63, 3.8) is 0 Å². The number of nitrogens with one attached hydrogen (secondary N) is 1. The Balaban J connectivity index is 1.94. The van der Waals surface area contributed by atoms with E-state index in [0.29, 0.717) is 50.8 Å². The van der Waals surface area contributed by atoms with Crippen molar-refractivity contribution in [2.75, 3.05) is 49.6 Å². The lowest BCUT2D eigenvalue weighted by Gasteiger charge is -2.31. The topological polar surface area (TPSA) is 79.0 Å². The van der Waals surface area contributed by atoms with Crippen LogP contribution in [0.25, 0.3) is 6.08 Å². The number of nitrogens with zero attached hydrogens (tertiary/aromatic N) is 2. The molecule has 33 heavy (non-hydrogen) atoms. The van der Waals surface area contributed by atoms with Crippen molar-refractivity contribution in [1.29, 1.82) is 0 Å². The smallest absolute Gasteiger partial charge is 0.248 e. The summed E-state index contributed by atoms with van der Waals surface area (Å²) in [6.07, 6.45) is 2.46. The van der Waals surface area contributed by atoms with Gasteiger partial charge in [-0.05, 0) is 36.4 Å². The number of anilines is 2. The second-order valence-electron chi connectivity index (χ2n) is 7.33. The first-order valence-electron chi connectivity index (χ1n) is 10.7. The maximum absolute atomic E-state index is 14.0. The molecule has 2 aromatic rings. The molecule has 0 aromatic heterocycles. The van der Waals surface area contributed by atoms with Crippen molar-refractivity contribution < 1.29 is 22.3 Å². The highest BCUT2D eigenvalue weighted by Crippen LogP contribution is 2.31. The summed E-state index contributed by atoms with van der Waals surface area (Å²) in [6.45, 7) is 6.46. The van der Waals surface area contributed by atoms with E-state index in [1.807, 2.05) is 4.90 Å². The largest absolute Gasteiger partial charge is 0.378 e. The van der Waals surface area contributed by atoms with Gasteiger partial charge in [-0.1, -0.05) is 31.5 Å². The zero-order valence-electron chi connectivity index (χ0n) is 18.6. The quantitative estimate of drug-likeness (QED) is 0.560. The van der Waals surface area contributed by atoms with Crippen LogP contribution in [-0.4, -0.2) is 58.0 Å². The molecule has 0 spiro atoms. The minimum absolute atomic E-state index is 0.0830. The van der Waals surface area contributed by atoms with Gasteiger partial charge in [0.25, 0.3) is 0 Å². The van der Waals surface area contributed by atoms with Gasteiger partial charge in [-0.25, -0.2) is 12.8 Å². The summed E-state index contributed by atoms with van der Waals surface area (Å²) in [5.41, 5.74) is 1.13. The first-order valence-corrected chi connectivity index (χ1v) is 12.5. The number of morpholine rings is 1. The highest BCUT2D eigenvalue weighted by atomic mass is 35.5. The van der Waals surface area contributed by atoms with Gasteiger partial charge in [0.1, 0.15) is 5.82 Å². The number of ether oxygens (including phenoxy) is 1. The molecule has 0 bridgehead atoms. The lowest BCUT2D eigenvalue weighted by molar-refractivity contribution is -0.111. The van der Waals surface area contributed by atoms with Crippen LogP contribution >= 0.6 is 11.6 Å². The molecule has 178 valence electrons. The molecule has 7 nitrogen and oxygen atoms in total. The molecule has 0 unspecified atom stereocenters. The zero-order chi connectivity index (χ0) is 24.0. The molecule has 1 saturated heterocycles. The molecule has 1 fully saturated rings. The molecular weight excluding hydrogens is 469 g/mol. The molecule has 0 saturated carbocycles. The monoisotopic (exact) mass is 495 g/mol. The molecule has 0 atom stereocenters. The van der Waals surface area contributed by atoms with E-state index in [0.717, 1.165) is 0 Å². The number of rotatable bonds is 8. The number of carbonyl (C=O) groups excluding carboxylic acids is 1. The Hall–Kier alpha value is -2.46. The molecule has 1 aliphatic heterocycles. The van der Waals surface area contributed by atoms with Gasteiger partial charge in [0.2, 0.25) is 15.9 Å². The van der Waals surface area contributed by atoms with Crippen LogP contribution in [0.5, 0.6) is 0 Å². The Morgan fingerprint density at radius 3 is 2.55 bits per heavy atom. The Morgan fingerprint density at radius 1 is 1.21 bits per heavy atom. The third kappa shape index (κ3) is 5.92. The van der Waals surface area contributed by atoms with Crippen LogP contribution in [0.2, 0.25) is 5.02 Å². The van der Waals surface area contributed by atoms with E-state index in [2.05, 4.69) is 5.32 Å². The van der Waals surface area contributed by atoms with E-state index in [-0.39, 0.29) is 15.5 Å². The molecule has 1 aliphatic rings. The summed E-state index contributed by atoms with van der Waals surface area (Å²) in [5, 5.41) is 2.93. The first-order chi connectivity index (χ1) is 15.8. The van der Waals surface area contributed by atoms with E-state index < -0.39 is 21.7 Å². The molecule has 1 N–H and O–H groups in total. The van der Waals surface area contributed by atoms with Gasteiger partial charge in [0.15, 0.2) is 0 Å². The molecule has 1 heterocycles. The Bertz CT molecular complexity index is 1110. The van der Waals surface area contributed by atoms with Crippen molar-refractivity contribution in [3.05, 3.63) is 58.9 Å². The number of amides is 1. The van der Waals surface area contributed by atoms with Crippen LogP contribution in [0.4, 0.5) is 15.8 Å². The standard InChI is InChI=1S/C23H27ClFN3O4S/c1-3-28(4-2)33(30,31)17-8-10-22(27-12-14-32-15-13-27)21(16-17)26-23(29)11-9-18-19(24)6-5-7-20(18)25/h5-11,16H,3-4,12-15H2,1-2H3,(H,26,29)/b11-9+. The fraction of sp³-hybridized carbons (Fsp3) is 0.348. The van der Waals surface area contributed by atoms with Crippen LogP contribution in [0.1, 0.15) is 19.4 Å². The Labute approximate surface area is 198 Å². The molecule has 10 heteroatoms. The number of halogens is 2. The van der Waals surface area contributed by atoms with E-state index in [1.165, 1.54) is 40.7 Å². The minimum atomic E-state index is -3.72. The predicted molar refractivity (Wildman–Crippen MR) is 129 cm³/mol. The van der Waals surface area contributed by atoms with Crippen molar-refractivity contribution in [2.24, 2.45) is 0 Å². The van der Waals surface area contributed by atoms with Crippen molar-refractivity contribution >= 4 is 45.0 Å². The summed E-state index contributed by atoms with van der Waals surface area (Å²) in [7, 11) is -3.72. The lowest BCUT2D eigenvalue weighted by Crippen LogP contribution is -2.37. The maximum Gasteiger partial charge on any atom is 0.248 e. The summed E-state index contributed by atoms with van der Waals surface area (Å²) in [4.78, 5) is 14.8. The van der Waals surface area contributed by atoms with Gasteiger partial charge in [0, 0.05) is 37.8 Å². The number of hydrogen-bond acceptors (Lipinski definition) is 5. The minimum Gasteiger partial charge on any atom is -0.378 e. The van der Waals surface area contributed by atoms with Gasteiger partial charge in [-0.15, -0.1) is 0 Å². The predicted octanol–water partition coefficient (Wildman–Crippen LogP) is 4.00. The van der Waals surface area contributed by atoms with Crippen molar-refractivity contribution in [1.82, 2.24) is 4.31 Å². The van der Waals surface area contributed by atoms with E-state index in [1.54, 1.807) is 26.0 Å². The van der Waals surface area contributed by atoms with Gasteiger partial charge in [-0.3, -0.25) is 4.79 Å². The number of sulfonamides is 1. The average molecular weight is 496 g/mol. The van der Waals surface area contributed by atoms with E-state index in [4.69, 9.17) is 16.3 Å². The van der Waals surface area contributed by atoms with Crippen LogP contribution in [0, 0.1) is 5.82 Å². The number of benzene rings is 2. The van der Waals surface area contributed by atoms with E-state index in [9.17, 15) is 17.6 Å². The molecule has 0 aliphatic carbocycles. The van der Waals surface area contributed by atoms with Crippen LogP contribution in [-0.2, 0) is 19.6 Å². The van der Waals surface area contributed by atoms with Crippen LogP contribution < -0.4 is 10.2 Å². The van der Waals surface area contributed by atoms with Gasteiger partial charge in [-0.2, -0.15) is 4.31 Å². The molecule has 1 amide bonds. The Morgan fingerprint density at radius 2 is 1.91 bits per heavy atom. The van der Waals surface area contributed by atoms with Crippen molar-refractivity contribution in [3.8, 4) is 0 Å². The summed E-state index contributed by atoms with van der Waals surface area (Å²) < 4.78 is 46.8. The Kier molecular flexibility index (Phi) is 8.47. The van der Waals surface area contributed by atoms with Crippen LogP contribution in [0.3, 0.4) is 0 Å². The lowest BCUT2D eigenvalue weighted by atomic mass is 10.2. The van der Waals surface area contributed by atoms with Gasteiger partial charge in [0.05, 0.1) is 34.5 Å². The summed E-state index contributed by atoms with van der Waals surface area (Å²) >= 11 is 6.02. The second-order valence-corrected chi connectivity index (χ2v) is 9.67. The average Bonchev–Trinajstić information content (AvgIpc) is 2.80. The SMILES string of the molecule is CCN(CC)S(=O)(=O)c1ccc(N2CCOCC2)c(NC(=O)/C=C/c2c(F)cccc2Cl)c1. The van der Waals surface area contributed by atoms with Crippen LogP contribution in [0.15, 0.2) is 47.4 Å². The van der Waals surface area contributed by atoms with E-state index >= 15 is 0 Å². The highest BCUT2D eigenvalue weighted by molar-refractivity contribution is 7.89. The molecule has 0 radical (unpaired) electrons. The molecular formula is C23H27ClFN3O4S.